The van der Waals surface area contributed by atoms with E-state index in [1.807, 2.05) is 0 Å². The van der Waals surface area contributed by atoms with Crippen LogP contribution in [0.1, 0.15) is 6.42 Å². The summed E-state index contributed by atoms with van der Waals surface area (Å²) in [7, 11) is 9.84. The molecule has 0 N–H and O–H groups in total. The molecule has 0 saturated carbocycles. The third-order valence-electron chi connectivity index (χ3n) is 1.50. The van der Waals surface area contributed by atoms with Crippen molar-refractivity contribution < 1.29 is 9.28 Å². The fourth-order valence-electron chi connectivity index (χ4n) is 0.655. The lowest BCUT2D eigenvalue weighted by Crippen LogP contribution is -2.38. The van der Waals surface area contributed by atoms with E-state index < -0.39 is 0 Å². The van der Waals surface area contributed by atoms with E-state index in [-0.39, 0.29) is 5.91 Å². The van der Waals surface area contributed by atoms with E-state index in [1.165, 1.54) is 0 Å². The molecule has 0 aromatic rings. The van der Waals surface area contributed by atoms with Crippen LogP contribution in [0.15, 0.2) is 0 Å². The summed E-state index contributed by atoms with van der Waals surface area (Å²) in [5.41, 5.74) is 0. The number of carbonyl (C=O) groups excluding carboxylic acids is 1. The molecule has 66 valence electrons. The summed E-state index contributed by atoms with van der Waals surface area (Å²) in [6, 6.07) is 0. The van der Waals surface area contributed by atoms with Gasteiger partial charge in [-0.25, -0.2) is 0 Å². The van der Waals surface area contributed by atoms with Crippen LogP contribution in [0, 0.1) is 0 Å². The van der Waals surface area contributed by atoms with E-state index in [0.717, 1.165) is 11.0 Å². The number of amides is 1. The van der Waals surface area contributed by atoms with Gasteiger partial charge < -0.3 is 9.38 Å². The number of rotatable bonds is 3. The summed E-state index contributed by atoms with van der Waals surface area (Å²) in [6.07, 6.45) is 0.635. The third kappa shape index (κ3) is 5.85. The second kappa shape index (κ2) is 3.72. The molecule has 0 aliphatic rings. The average molecular weight is 159 g/mol. The second-order valence-corrected chi connectivity index (χ2v) is 4.05. The number of quaternary nitrogens is 1. The highest BCUT2D eigenvalue weighted by Crippen LogP contribution is 1.95. The zero-order chi connectivity index (χ0) is 9.07. The van der Waals surface area contributed by atoms with Crippen LogP contribution in [0.3, 0.4) is 0 Å². The Kier molecular flexibility index (Phi) is 3.52. The van der Waals surface area contributed by atoms with Gasteiger partial charge in [-0.2, -0.15) is 0 Å². The van der Waals surface area contributed by atoms with Crippen molar-refractivity contribution in [3.8, 4) is 0 Å². The molecule has 0 atom stereocenters. The monoisotopic (exact) mass is 159 g/mol. The maximum Gasteiger partial charge on any atom is 0.227 e. The van der Waals surface area contributed by atoms with Crippen LogP contribution in [-0.4, -0.2) is 57.1 Å². The van der Waals surface area contributed by atoms with Gasteiger partial charge in [0.2, 0.25) is 5.91 Å². The molecule has 0 saturated heterocycles. The first-order chi connectivity index (χ1) is 4.83. The first kappa shape index (κ1) is 10.4. The zero-order valence-corrected chi connectivity index (χ0v) is 8.22. The molecule has 0 spiro atoms. The van der Waals surface area contributed by atoms with Crippen molar-refractivity contribution in [2.24, 2.45) is 0 Å². The average Bonchev–Trinajstić information content (AvgIpc) is 1.80. The highest BCUT2D eigenvalue weighted by Gasteiger charge is 2.11. The Morgan fingerprint density at radius 3 is 2.00 bits per heavy atom. The minimum Gasteiger partial charge on any atom is -0.349 e. The Balaban J connectivity index is 3.64. The highest BCUT2D eigenvalue weighted by molar-refractivity contribution is 5.75. The van der Waals surface area contributed by atoms with Crippen molar-refractivity contribution in [3.63, 3.8) is 0 Å². The van der Waals surface area contributed by atoms with Crippen molar-refractivity contribution in [3.05, 3.63) is 0 Å². The van der Waals surface area contributed by atoms with Gasteiger partial charge in [0.05, 0.1) is 34.1 Å². The molecule has 3 heteroatoms. The van der Waals surface area contributed by atoms with Gasteiger partial charge in [-0.3, -0.25) is 4.79 Å². The van der Waals surface area contributed by atoms with Gasteiger partial charge in [0.1, 0.15) is 0 Å². The summed E-state index contributed by atoms with van der Waals surface area (Å²) < 4.78 is 0.847. The minimum absolute atomic E-state index is 0.207. The fourth-order valence-corrected chi connectivity index (χ4v) is 0.655. The lowest BCUT2D eigenvalue weighted by Gasteiger charge is -2.24. The van der Waals surface area contributed by atoms with Gasteiger partial charge in [-0.1, -0.05) is 0 Å². The molecule has 0 aliphatic carbocycles. The molecule has 0 unspecified atom stereocenters. The first-order valence-corrected chi connectivity index (χ1v) is 3.83. The van der Waals surface area contributed by atoms with Crippen molar-refractivity contribution >= 4 is 5.91 Å². The van der Waals surface area contributed by atoms with Gasteiger partial charge in [-0.05, 0) is 0 Å². The van der Waals surface area contributed by atoms with Crippen molar-refractivity contribution in [2.45, 2.75) is 6.42 Å². The summed E-state index contributed by atoms with van der Waals surface area (Å²) >= 11 is 0. The first-order valence-electron chi connectivity index (χ1n) is 3.83. The predicted molar refractivity (Wildman–Crippen MR) is 46.2 cm³/mol. The Labute approximate surface area is 69.2 Å². The third-order valence-corrected chi connectivity index (χ3v) is 1.50. The summed E-state index contributed by atoms with van der Waals surface area (Å²) in [6.45, 7) is 0.900. The lowest BCUT2D eigenvalue weighted by molar-refractivity contribution is -0.869. The Hall–Kier alpha value is -0.570. The van der Waals surface area contributed by atoms with Crippen LogP contribution in [0.2, 0.25) is 0 Å². The minimum atomic E-state index is 0.207. The summed E-state index contributed by atoms with van der Waals surface area (Å²) in [5.74, 6) is 0.207. The molecule has 0 aromatic heterocycles. The van der Waals surface area contributed by atoms with Crippen LogP contribution < -0.4 is 0 Å². The normalized spacial score (nSPS) is 11.4. The van der Waals surface area contributed by atoms with Gasteiger partial charge in [0.15, 0.2) is 0 Å². The number of hydrogen-bond acceptors (Lipinski definition) is 1. The lowest BCUT2D eigenvalue weighted by atomic mass is 10.3. The maximum atomic E-state index is 11.1. The van der Waals surface area contributed by atoms with E-state index in [2.05, 4.69) is 21.1 Å². The van der Waals surface area contributed by atoms with E-state index in [0.29, 0.717) is 6.42 Å². The number of carbonyl (C=O) groups is 1. The molecule has 3 nitrogen and oxygen atoms in total. The molecular weight excluding hydrogens is 140 g/mol. The van der Waals surface area contributed by atoms with E-state index in [4.69, 9.17) is 0 Å². The molecule has 0 heterocycles. The van der Waals surface area contributed by atoms with E-state index >= 15 is 0 Å². The van der Waals surface area contributed by atoms with E-state index in [9.17, 15) is 4.79 Å². The quantitative estimate of drug-likeness (QED) is 0.538. The van der Waals surface area contributed by atoms with Crippen molar-refractivity contribution in [1.29, 1.82) is 0 Å². The van der Waals surface area contributed by atoms with Crippen LogP contribution in [-0.2, 0) is 4.79 Å². The fraction of sp³-hybridized carbons (Fsp3) is 0.875. The van der Waals surface area contributed by atoms with Crippen molar-refractivity contribution in [2.75, 3.05) is 41.8 Å². The molecule has 1 amide bonds. The molecule has 0 rings (SSSR count). The molecule has 11 heavy (non-hydrogen) atoms. The standard InChI is InChI=1S/C8H19N2O/c1-9(2)8(11)6-7-10(3,4)5/h6-7H2,1-5H3/q+1. The topological polar surface area (TPSA) is 20.3 Å². The molecule has 0 radical (unpaired) electrons. The van der Waals surface area contributed by atoms with Crippen LogP contribution in [0.5, 0.6) is 0 Å². The number of nitrogens with zero attached hydrogens (tertiary/aromatic N) is 2. The summed E-state index contributed by atoms with van der Waals surface area (Å²) in [4.78, 5) is 12.7. The smallest absolute Gasteiger partial charge is 0.227 e. The Bertz CT molecular complexity index is 136. The van der Waals surface area contributed by atoms with Crippen LogP contribution in [0.4, 0.5) is 0 Å². The molecule has 0 aromatic carbocycles. The zero-order valence-electron chi connectivity index (χ0n) is 8.22. The van der Waals surface area contributed by atoms with E-state index in [1.54, 1.807) is 19.0 Å². The summed E-state index contributed by atoms with van der Waals surface area (Å²) in [5, 5.41) is 0. The van der Waals surface area contributed by atoms with Gasteiger partial charge in [-0.15, -0.1) is 0 Å². The SMILES string of the molecule is CN(C)C(=O)CC[N+](C)(C)C. The van der Waals surface area contributed by atoms with Gasteiger partial charge in [0, 0.05) is 14.1 Å². The maximum absolute atomic E-state index is 11.1. The predicted octanol–water partition coefficient (Wildman–Crippen LogP) is 0.171. The molecule has 0 bridgehead atoms. The van der Waals surface area contributed by atoms with Crippen LogP contribution >= 0.6 is 0 Å². The Morgan fingerprint density at radius 1 is 1.27 bits per heavy atom. The largest absolute Gasteiger partial charge is 0.349 e. The molecular formula is C8H19N2O+. The van der Waals surface area contributed by atoms with Gasteiger partial charge in [0.25, 0.3) is 0 Å². The highest BCUT2D eigenvalue weighted by atomic mass is 16.2. The molecule has 0 fully saturated rings. The van der Waals surface area contributed by atoms with Crippen LogP contribution in [0.25, 0.3) is 0 Å². The number of hydrogen-bond donors (Lipinski definition) is 0. The van der Waals surface area contributed by atoms with Gasteiger partial charge >= 0.3 is 0 Å². The Morgan fingerprint density at radius 2 is 1.73 bits per heavy atom. The second-order valence-electron chi connectivity index (χ2n) is 4.05. The molecule has 0 aliphatic heterocycles. The van der Waals surface area contributed by atoms with Crippen molar-refractivity contribution in [1.82, 2.24) is 4.90 Å².